The first kappa shape index (κ1) is 21.1. The molecule has 1 saturated heterocycles. The van der Waals surface area contributed by atoms with Gasteiger partial charge < -0.3 is 10.2 Å². The van der Waals surface area contributed by atoms with Crippen LogP contribution in [0.15, 0.2) is 60.7 Å². The molecule has 1 aliphatic heterocycles. The van der Waals surface area contributed by atoms with Crippen LogP contribution in [0.2, 0.25) is 0 Å². The number of hydrogen-bond acceptors (Lipinski definition) is 3. The summed E-state index contributed by atoms with van der Waals surface area (Å²) in [6, 6.07) is 19.0. The minimum Gasteiger partial charge on any atom is -0.340 e. The van der Waals surface area contributed by atoms with Crippen molar-refractivity contribution in [2.24, 2.45) is 5.92 Å². The van der Waals surface area contributed by atoms with Gasteiger partial charge in [-0.1, -0.05) is 68.8 Å². The summed E-state index contributed by atoms with van der Waals surface area (Å²) < 4.78 is 0. The first-order chi connectivity index (χ1) is 14.1. The van der Waals surface area contributed by atoms with Gasteiger partial charge in [-0.05, 0) is 23.6 Å². The normalized spacial score (nSPS) is 16.8. The molecule has 1 heterocycles. The van der Waals surface area contributed by atoms with Gasteiger partial charge in [0, 0.05) is 38.3 Å². The predicted octanol–water partition coefficient (Wildman–Crippen LogP) is 3.18. The lowest BCUT2D eigenvalue weighted by atomic mass is 9.97. The molecule has 1 fully saturated rings. The number of carbonyl (C=O) groups is 2. The average molecular weight is 394 g/mol. The van der Waals surface area contributed by atoms with Gasteiger partial charge in [-0.25, -0.2) is 0 Å². The summed E-state index contributed by atoms with van der Waals surface area (Å²) in [6.45, 7) is 8.07. The van der Waals surface area contributed by atoms with Crippen LogP contribution in [0.1, 0.15) is 36.2 Å². The molecule has 0 unspecified atom stereocenters. The SMILES string of the molecule is CC[C@H](C)[C@H](NC(=O)c1ccccc1)C(=O)N1CCN(Cc2ccccc2)CC1. The first-order valence-corrected chi connectivity index (χ1v) is 10.5. The van der Waals surface area contributed by atoms with Crippen LogP contribution >= 0.6 is 0 Å². The highest BCUT2D eigenvalue weighted by Gasteiger charge is 2.31. The van der Waals surface area contributed by atoms with Crippen molar-refractivity contribution in [3.8, 4) is 0 Å². The maximum atomic E-state index is 13.2. The molecule has 0 radical (unpaired) electrons. The van der Waals surface area contributed by atoms with Crippen molar-refractivity contribution in [2.75, 3.05) is 26.2 Å². The van der Waals surface area contributed by atoms with E-state index in [9.17, 15) is 9.59 Å². The molecule has 1 aliphatic rings. The standard InChI is InChI=1S/C24H31N3O2/c1-3-19(2)22(25-23(28)21-12-8-5-9-13-21)24(29)27-16-14-26(15-17-27)18-20-10-6-4-7-11-20/h4-13,19,22H,3,14-18H2,1-2H3,(H,25,28)/t19-,22-/m0/s1. The fourth-order valence-electron chi connectivity index (χ4n) is 3.66. The molecule has 0 aliphatic carbocycles. The van der Waals surface area contributed by atoms with E-state index in [1.807, 2.05) is 36.1 Å². The van der Waals surface area contributed by atoms with Crippen LogP contribution in [0.5, 0.6) is 0 Å². The molecular weight excluding hydrogens is 362 g/mol. The van der Waals surface area contributed by atoms with E-state index in [0.29, 0.717) is 18.7 Å². The third-order valence-electron chi connectivity index (χ3n) is 5.73. The molecule has 0 aromatic heterocycles. The van der Waals surface area contributed by atoms with Crippen LogP contribution < -0.4 is 5.32 Å². The molecule has 0 saturated carbocycles. The van der Waals surface area contributed by atoms with E-state index in [-0.39, 0.29) is 17.7 Å². The van der Waals surface area contributed by atoms with Crippen LogP contribution in [-0.2, 0) is 11.3 Å². The highest BCUT2D eigenvalue weighted by atomic mass is 16.2. The number of hydrogen-bond donors (Lipinski definition) is 1. The molecule has 0 spiro atoms. The lowest BCUT2D eigenvalue weighted by molar-refractivity contribution is -0.136. The van der Waals surface area contributed by atoms with Gasteiger partial charge in [0.2, 0.25) is 5.91 Å². The summed E-state index contributed by atoms with van der Waals surface area (Å²) in [5.74, 6) is -0.0764. The Morgan fingerprint density at radius 1 is 0.931 bits per heavy atom. The number of amides is 2. The van der Waals surface area contributed by atoms with E-state index in [1.165, 1.54) is 5.56 Å². The third-order valence-corrected chi connectivity index (χ3v) is 5.73. The van der Waals surface area contributed by atoms with Gasteiger partial charge in [-0.3, -0.25) is 14.5 Å². The van der Waals surface area contributed by atoms with Gasteiger partial charge in [-0.2, -0.15) is 0 Å². The van der Waals surface area contributed by atoms with Crippen LogP contribution in [0.25, 0.3) is 0 Å². The maximum Gasteiger partial charge on any atom is 0.251 e. The van der Waals surface area contributed by atoms with Crippen molar-refractivity contribution in [1.29, 1.82) is 0 Å². The molecule has 2 aromatic carbocycles. The lowest BCUT2D eigenvalue weighted by Crippen LogP contribution is -2.56. The molecule has 2 atom stereocenters. The summed E-state index contributed by atoms with van der Waals surface area (Å²) in [5, 5.41) is 2.99. The van der Waals surface area contributed by atoms with Gasteiger partial charge in [0.1, 0.15) is 6.04 Å². The Labute approximate surface area is 173 Å². The van der Waals surface area contributed by atoms with E-state index < -0.39 is 6.04 Å². The number of nitrogens with zero attached hydrogens (tertiary/aromatic N) is 2. The molecular formula is C24H31N3O2. The van der Waals surface area contributed by atoms with Crippen molar-refractivity contribution in [3.05, 3.63) is 71.8 Å². The number of nitrogens with one attached hydrogen (secondary N) is 1. The van der Waals surface area contributed by atoms with Crippen molar-refractivity contribution >= 4 is 11.8 Å². The summed E-state index contributed by atoms with van der Waals surface area (Å²) in [6.07, 6.45) is 0.833. The Bertz CT molecular complexity index is 786. The Kier molecular flexibility index (Phi) is 7.42. The molecule has 3 rings (SSSR count). The second-order valence-electron chi connectivity index (χ2n) is 7.79. The topological polar surface area (TPSA) is 52.7 Å². The second-order valence-corrected chi connectivity index (χ2v) is 7.79. The molecule has 5 nitrogen and oxygen atoms in total. The zero-order chi connectivity index (χ0) is 20.6. The Morgan fingerprint density at radius 3 is 2.10 bits per heavy atom. The zero-order valence-electron chi connectivity index (χ0n) is 17.4. The highest BCUT2D eigenvalue weighted by molar-refractivity contribution is 5.97. The largest absolute Gasteiger partial charge is 0.340 e. The van der Waals surface area contributed by atoms with Gasteiger partial charge in [-0.15, -0.1) is 0 Å². The number of benzene rings is 2. The van der Waals surface area contributed by atoms with E-state index in [0.717, 1.165) is 26.1 Å². The van der Waals surface area contributed by atoms with E-state index >= 15 is 0 Å². The average Bonchev–Trinajstić information content (AvgIpc) is 2.78. The first-order valence-electron chi connectivity index (χ1n) is 10.5. The fraction of sp³-hybridized carbons (Fsp3) is 0.417. The maximum absolute atomic E-state index is 13.2. The van der Waals surface area contributed by atoms with Gasteiger partial charge in [0.25, 0.3) is 5.91 Å². The molecule has 1 N–H and O–H groups in total. The van der Waals surface area contributed by atoms with E-state index in [1.54, 1.807) is 12.1 Å². The monoisotopic (exact) mass is 393 g/mol. The fourth-order valence-corrected chi connectivity index (χ4v) is 3.66. The van der Waals surface area contributed by atoms with Gasteiger partial charge >= 0.3 is 0 Å². The summed E-state index contributed by atoms with van der Waals surface area (Å²) in [7, 11) is 0. The van der Waals surface area contributed by atoms with Crippen LogP contribution in [0.4, 0.5) is 0 Å². The quantitative estimate of drug-likeness (QED) is 0.786. The summed E-state index contributed by atoms with van der Waals surface area (Å²) in [4.78, 5) is 30.1. The number of piperazine rings is 1. The Balaban J connectivity index is 1.59. The third kappa shape index (κ3) is 5.67. The highest BCUT2D eigenvalue weighted by Crippen LogP contribution is 2.15. The Morgan fingerprint density at radius 2 is 1.52 bits per heavy atom. The summed E-state index contributed by atoms with van der Waals surface area (Å²) in [5.41, 5.74) is 1.88. The van der Waals surface area contributed by atoms with Crippen LogP contribution in [-0.4, -0.2) is 53.8 Å². The Hall–Kier alpha value is -2.66. The van der Waals surface area contributed by atoms with Crippen molar-refractivity contribution in [3.63, 3.8) is 0 Å². The van der Waals surface area contributed by atoms with E-state index in [4.69, 9.17) is 0 Å². The van der Waals surface area contributed by atoms with Crippen LogP contribution in [0.3, 0.4) is 0 Å². The van der Waals surface area contributed by atoms with Gasteiger partial charge in [0.15, 0.2) is 0 Å². The molecule has 154 valence electrons. The molecule has 2 amide bonds. The second kappa shape index (κ2) is 10.2. The molecule has 5 heteroatoms. The van der Waals surface area contributed by atoms with Crippen molar-refractivity contribution < 1.29 is 9.59 Å². The van der Waals surface area contributed by atoms with E-state index in [2.05, 4.69) is 41.4 Å². The lowest BCUT2D eigenvalue weighted by Gasteiger charge is -2.37. The number of rotatable bonds is 7. The van der Waals surface area contributed by atoms with Gasteiger partial charge in [0.05, 0.1) is 0 Å². The smallest absolute Gasteiger partial charge is 0.251 e. The molecule has 2 aromatic rings. The summed E-state index contributed by atoms with van der Waals surface area (Å²) >= 11 is 0. The zero-order valence-corrected chi connectivity index (χ0v) is 17.4. The number of carbonyl (C=O) groups excluding carboxylic acids is 2. The molecule has 29 heavy (non-hydrogen) atoms. The predicted molar refractivity (Wildman–Crippen MR) is 115 cm³/mol. The minimum absolute atomic E-state index is 0.0305. The van der Waals surface area contributed by atoms with Crippen molar-refractivity contribution in [2.45, 2.75) is 32.9 Å². The molecule has 0 bridgehead atoms. The van der Waals surface area contributed by atoms with Crippen molar-refractivity contribution in [1.82, 2.24) is 15.1 Å². The van der Waals surface area contributed by atoms with Crippen LogP contribution in [0, 0.1) is 5.92 Å². The minimum atomic E-state index is -0.492.